The van der Waals surface area contributed by atoms with Crippen molar-refractivity contribution in [2.45, 2.75) is 12.5 Å². The highest BCUT2D eigenvalue weighted by Crippen LogP contribution is 2.22. The third-order valence-electron chi connectivity index (χ3n) is 3.61. The number of imide groups is 1. The summed E-state index contributed by atoms with van der Waals surface area (Å²) >= 11 is 0. The summed E-state index contributed by atoms with van der Waals surface area (Å²) < 4.78 is 13.1. The minimum Gasteiger partial charge on any atom is -0.287 e. The molecule has 122 valence electrons. The second-order valence-electron chi connectivity index (χ2n) is 5.27. The van der Waals surface area contributed by atoms with Crippen molar-refractivity contribution in [2.24, 2.45) is 0 Å². The van der Waals surface area contributed by atoms with Gasteiger partial charge < -0.3 is 0 Å². The molecule has 7 heteroatoms. The van der Waals surface area contributed by atoms with E-state index in [0.29, 0.717) is 5.69 Å². The van der Waals surface area contributed by atoms with E-state index in [1.165, 1.54) is 18.2 Å². The number of benzene rings is 2. The van der Waals surface area contributed by atoms with E-state index in [9.17, 15) is 18.8 Å². The molecule has 1 heterocycles. The number of nitrogens with zero attached hydrogens (tertiary/aromatic N) is 1. The number of para-hydroxylation sites is 1. The second-order valence-corrected chi connectivity index (χ2v) is 5.27. The summed E-state index contributed by atoms with van der Waals surface area (Å²) in [6.07, 6.45) is -0.0723. The topological polar surface area (TPSA) is 78.5 Å². The molecule has 24 heavy (non-hydrogen) atoms. The Hall–Kier alpha value is -3.06. The standard InChI is InChI=1S/C17H14FN3O3/c18-12-6-4-5-11(9-12)16(23)20-19-14-10-15(22)21(17(14)24)13-7-2-1-3-8-13/h1-9,14,19H,10H2,(H,20,23)/t14-/m0/s1. The van der Waals surface area contributed by atoms with Crippen molar-refractivity contribution in [3.63, 3.8) is 0 Å². The average Bonchev–Trinajstić information content (AvgIpc) is 2.87. The number of hydrazine groups is 1. The van der Waals surface area contributed by atoms with Gasteiger partial charge in [0, 0.05) is 5.56 Å². The first-order valence-electron chi connectivity index (χ1n) is 7.29. The average molecular weight is 327 g/mol. The molecule has 0 unspecified atom stereocenters. The third-order valence-corrected chi connectivity index (χ3v) is 3.61. The summed E-state index contributed by atoms with van der Waals surface area (Å²) in [6, 6.07) is 12.8. The molecule has 2 aromatic rings. The molecule has 0 aliphatic carbocycles. The van der Waals surface area contributed by atoms with Gasteiger partial charge in [-0.05, 0) is 30.3 Å². The van der Waals surface area contributed by atoms with Gasteiger partial charge in [0.15, 0.2) is 0 Å². The maximum atomic E-state index is 13.1. The lowest BCUT2D eigenvalue weighted by atomic mass is 10.2. The smallest absolute Gasteiger partial charge is 0.265 e. The quantitative estimate of drug-likeness (QED) is 0.657. The van der Waals surface area contributed by atoms with Gasteiger partial charge in [-0.3, -0.25) is 19.8 Å². The number of carbonyl (C=O) groups is 3. The Morgan fingerprint density at radius 2 is 1.83 bits per heavy atom. The Labute approximate surface area is 137 Å². The molecule has 3 amide bonds. The first-order chi connectivity index (χ1) is 11.6. The molecule has 0 saturated carbocycles. The normalized spacial score (nSPS) is 17.2. The molecular formula is C17H14FN3O3. The van der Waals surface area contributed by atoms with Crippen LogP contribution in [0.1, 0.15) is 16.8 Å². The van der Waals surface area contributed by atoms with Crippen LogP contribution in [0.25, 0.3) is 0 Å². The Bertz CT molecular complexity index is 795. The zero-order valence-electron chi connectivity index (χ0n) is 12.5. The monoisotopic (exact) mass is 327 g/mol. The molecule has 1 fully saturated rings. The predicted molar refractivity (Wildman–Crippen MR) is 84.3 cm³/mol. The predicted octanol–water partition coefficient (Wildman–Crippen LogP) is 1.39. The van der Waals surface area contributed by atoms with Crippen molar-refractivity contribution in [2.75, 3.05) is 4.90 Å². The summed E-state index contributed by atoms with van der Waals surface area (Å²) in [5.74, 6) is -1.94. The number of rotatable bonds is 4. The molecule has 1 saturated heterocycles. The number of hydrogen-bond acceptors (Lipinski definition) is 4. The van der Waals surface area contributed by atoms with E-state index >= 15 is 0 Å². The van der Waals surface area contributed by atoms with Gasteiger partial charge in [0.25, 0.3) is 11.8 Å². The highest BCUT2D eigenvalue weighted by molar-refractivity contribution is 6.22. The molecule has 0 bridgehead atoms. The van der Waals surface area contributed by atoms with E-state index in [-0.39, 0.29) is 17.9 Å². The zero-order valence-corrected chi connectivity index (χ0v) is 12.5. The van der Waals surface area contributed by atoms with Crippen LogP contribution in [0.4, 0.5) is 10.1 Å². The molecule has 1 aliphatic heterocycles. The van der Waals surface area contributed by atoms with E-state index in [4.69, 9.17) is 0 Å². The van der Waals surface area contributed by atoms with Crippen molar-refractivity contribution in [3.8, 4) is 0 Å². The maximum Gasteiger partial charge on any atom is 0.265 e. The number of carbonyl (C=O) groups excluding carboxylic acids is 3. The fraction of sp³-hybridized carbons (Fsp3) is 0.118. The fourth-order valence-electron chi connectivity index (χ4n) is 2.45. The van der Waals surface area contributed by atoms with Crippen LogP contribution >= 0.6 is 0 Å². The van der Waals surface area contributed by atoms with Gasteiger partial charge in [-0.2, -0.15) is 0 Å². The van der Waals surface area contributed by atoms with Gasteiger partial charge in [0.2, 0.25) is 5.91 Å². The number of halogens is 1. The largest absolute Gasteiger partial charge is 0.287 e. The summed E-state index contributed by atoms with van der Waals surface area (Å²) in [7, 11) is 0. The highest BCUT2D eigenvalue weighted by atomic mass is 19.1. The number of amides is 3. The highest BCUT2D eigenvalue weighted by Gasteiger charge is 2.39. The lowest BCUT2D eigenvalue weighted by molar-refractivity contribution is -0.121. The maximum absolute atomic E-state index is 13.1. The van der Waals surface area contributed by atoms with Crippen LogP contribution in [0.15, 0.2) is 54.6 Å². The second kappa shape index (κ2) is 6.59. The fourth-order valence-corrected chi connectivity index (χ4v) is 2.45. The van der Waals surface area contributed by atoms with Crippen LogP contribution in [0, 0.1) is 5.82 Å². The summed E-state index contributed by atoms with van der Waals surface area (Å²) in [5.41, 5.74) is 5.47. The van der Waals surface area contributed by atoms with Crippen LogP contribution < -0.4 is 15.8 Å². The molecule has 0 radical (unpaired) electrons. The number of hydrogen-bond donors (Lipinski definition) is 2. The molecule has 6 nitrogen and oxygen atoms in total. The lowest BCUT2D eigenvalue weighted by Gasteiger charge is -2.15. The van der Waals surface area contributed by atoms with Gasteiger partial charge in [-0.1, -0.05) is 24.3 Å². The molecule has 0 aromatic heterocycles. The van der Waals surface area contributed by atoms with E-state index in [1.54, 1.807) is 30.3 Å². The van der Waals surface area contributed by atoms with Crippen LogP contribution in [0.3, 0.4) is 0 Å². The minimum atomic E-state index is -0.866. The van der Waals surface area contributed by atoms with Crippen LogP contribution in [-0.4, -0.2) is 23.8 Å². The summed E-state index contributed by atoms with van der Waals surface area (Å²) in [4.78, 5) is 37.4. The Kier molecular flexibility index (Phi) is 4.35. The van der Waals surface area contributed by atoms with Crippen molar-refractivity contribution in [1.82, 2.24) is 10.9 Å². The van der Waals surface area contributed by atoms with Crippen LogP contribution in [0.5, 0.6) is 0 Å². The number of nitrogens with one attached hydrogen (secondary N) is 2. The Balaban J connectivity index is 1.65. The first-order valence-corrected chi connectivity index (χ1v) is 7.29. The molecule has 2 N–H and O–H groups in total. The Morgan fingerprint density at radius 3 is 2.54 bits per heavy atom. The van der Waals surface area contributed by atoms with E-state index in [1.807, 2.05) is 0 Å². The van der Waals surface area contributed by atoms with Crippen molar-refractivity contribution in [3.05, 3.63) is 66.0 Å². The molecule has 3 rings (SSSR count). The van der Waals surface area contributed by atoms with Gasteiger partial charge in [0.1, 0.15) is 11.9 Å². The SMILES string of the molecule is O=C(NN[C@H]1CC(=O)N(c2ccccc2)C1=O)c1cccc(F)c1. The minimum absolute atomic E-state index is 0.0723. The molecule has 0 spiro atoms. The number of anilines is 1. The van der Waals surface area contributed by atoms with E-state index in [2.05, 4.69) is 10.9 Å². The third kappa shape index (κ3) is 3.16. The first kappa shape index (κ1) is 15.8. The van der Waals surface area contributed by atoms with Gasteiger partial charge in [0.05, 0.1) is 12.1 Å². The van der Waals surface area contributed by atoms with Gasteiger partial charge in [-0.15, -0.1) is 0 Å². The van der Waals surface area contributed by atoms with Crippen molar-refractivity contribution in [1.29, 1.82) is 0 Å². The summed E-state index contributed by atoms with van der Waals surface area (Å²) in [5, 5.41) is 0. The van der Waals surface area contributed by atoms with Crippen LogP contribution in [-0.2, 0) is 9.59 Å². The van der Waals surface area contributed by atoms with Gasteiger partial charge in [-0.25, -0.2) is 14.7 Å². The van der Waals surface area contributed by atoms with Crippen LogP contribution in [0.2, 0.25) is 0 Å². The Morgan fingerprint density at radius 1 is 1.08 bits per heavy atom. The van der Waals surface area contributed by atoms with E-state index < -0.39 is 23.7 Å². The lowest BCUT2D eigenvalue weighted by Crippen LogP contribution is -2.48. The molecule has 2 aromatic carbocycles. The van der Waals surface area contributed by atoms with Crippen molar-refractivity contribution >= 4 is 23.4 Å². The molecule has 1 atom stereocenters. The van der Waals surface area contributed by atoms with Gasteiger partial charge >= 0.3 is 0 Å². The molecule has 1 aliphatic rings. The molecular weight excluding hydrogens is 313 g/mol. The van der Waals surface area contributed by atoms with E-state index in [0.717, 1.165) is 11.0 Å². The van der Waals surface area contributed by atoms with Crippen molar-refractivity contribution < 1.29 is 18.8 Å². The summed E-state index contributed by atoms with van der Waals surface area (Å²) in [6.45, 7) is 0. The zero-order chi connectivity index (χ0) is 17.1.